The van der Waals surface area contributed by atoms with E-state index in [-0.39, 0.29) is 5.82 Å². The molecule has 0 bridgehead atoms. The fourth-order valence-electron chi connectivity index (χ4n) is 2.48. The molecule has 2 aliphatic heterocycles. The molecule has 3 heterocycles. The van der Waals surface area contributed by atoms with Gasteiger partial charge in [0, 0.05) is 6.54 Å². The fourth-order valence-corrected chi connectivity index (χ4v) is 5.64. The van der Waals surface area contributed by atoms with Crippen LogP contribution in [0.25, 0.3) is 15.8 Å². The highest BCUT2D eigenvalue weighted by Crippen LogP contribution is 2.48. The number of nitrogens with zero attached hydrogens (tertiary/aromatic N) is 2. The highest BCUT2D eigenvalue weighted by atomic mass is 32.2. The van der Waals surface area contributed by atoms with Gasteiger partial charge >= 0.3 is 0 Å². The fraction of sp³-hybridized carbons (Fsp3) is 0.214. The Bertz CT molecular complexity index is 763. The SMILES string of the molecule is CSC1=C(c2cc3cccc(F)c3s2)N2CCN=C2S1. The number of rotatable bonds is 2. The number of hydrogen-bond donors (Lipinski definition) is 0. The van der Waals surface area contributed by atoms with E-state index in [1.54, 1.807) is 29.6 Å². The van der Waals surface area contributed by atoms with Gasteiger partial charge in [0.05, 0.1) is 26.1 Å². The molecule has 4 rings (SSSR count). The number of amidine groups is 1. The van der Waals surface area contributed by atoms with Crippen LogP contribution < -0.4 is 0 Å². The Labute approximate surface area is 128 Å². The monoisotopic (exact) mass is 322 g/mol. The molecule has 2 nitrogen and oxygen atoms in total. The number of benzene rings is 1. The van der Waals surface area contributed by atoms with E-state index in [2.05, 4.69) is 22.2 Å². The van der Waals surface area contributed by atoms with Gasteiger partial charge in [-0.2, -0.15) is 0 Å². The maximum absolute atomic E-state index is 13.9. The molecule has 1 aromatic carbocycles. The second-order valence-corrected chi connectivity index (χ2v) is 7.63. The van der Waals surface area contributed by atoms with Crippen molar-refractivity contribution in [1.82, 2.24) is 4.90 Å². The van der Waals surface area contributed by atoms with Crippen LogP contribution in [0.15, 0.2) is 33.5 Å². The van der Waals surface area contributed by atoms with E-state index in [0.29, 0.717) is 0 Å². The van der Waals surface area contributed by atoms with E-state index in [0.717, 1.165) is 33.2 Å². The summed E-state index contributed by atoms with van der Waals surface area (Å²) in [6.07, 6.45) is 2.08. The number of halogens is 1. The van der Waals surface area contributed by atoms with Gasteiger partial charge in [0.1, 0.15) is 5.82 Å². The lowest BCUT2D eigenvalue weighted by atomic mass is 10.2. The van der Waals surface area contributed by atoms with Crippen LogP contribution in [0, 0.1) is 5.82 Å². The smallest absolute Gasteiger partial charge is 0.169 e. The first kappa shape index (κ1) is 12.7. The van der Waals surface area contributed by atoms with Gasteiger partial charge in [-0.05, 0) is 35.5 Å². The van der Waals surface area contributed by atoms with Crippen LogP contribution in [0.3, 0.4) is 0 Å². The minimum absolute atomic E-state index is 0.133. The summed E-state index contributed by atoms with van der Waals surface area (Å²) in [6, 6.07) is 7.36. The zero-order valence-electron chi connectivity index (χ0n) is 10.7. The lowest BCUT2D eigenvalue weighted by Gasteiger charge is -2.15. The second kappa shape index (κ2) is 4.79. The van der Waals surface area contributed by atoms with Crippen LogP contribution in [0.1, 0.15) is 4.88 Å². The van der Waals surface area contributed by atoms with E-state index in [9.17, 15) is 4.39 Å². The number of aliphatic imine (C=N–C) groups is 1. The van der Waals surface area contributed by atoms with E-state index >= 15 is 0 Å². The van der Waals surface area contributed by atoms with Crippen LogP contribution in [-0.2, 0) is 0 Å². The van der Waals surface area contributed by atoms with Gasteiger partial charge in [-0.25, -0.2) is 4.39 Å². The lowest BCUT2D eigenvalue weighted by Crippen LogP contribution is -2.19. The van der Waals surface area contributed by atoms with Crippen LogP contribution in [-0.4, -0.2) is 29.4 Å². The zero-order valence-corrected chi connectivity index (χ0v) is 13.2. The van der Waals surface area contributed by atoms with Crippen molar-refractivity contribution in [1.29, 1.82) is 0 Å². The summed E-state index contributed by atoms with van der Waals surface area (Å²) in [6.45, 7) is 1.78. The predicted molar refractivity (Wildman–Crippen MR) is 88.8 cm³/mol. The molecule has 2 aliphatic rings. The highest BCUT2D eigenvalue weighted by molar-refractivity contribution is 8.30. The number of hydrogen-bond acceptors (Lipinski definition) is 5. The van der Waals surface area contributed by atoms with Crippen LogP contribution in [0.5, 0.6) is 0 Å². The molecule has 0 unspecified atom stereocenters. The molecule has 0 radical (unpaired) electrons. The topological polar surface area (TPSA) is 15.6 Å². The Morgan fingerprint density at radius 2 is 2.30 bits per heavy atom. The molecule has 0 spiro atoms. The van der Waals surface area contributed by atoms with Gasteiger partial charge in [-0.15, -0.1) is 23.1 Å². The minimum Gasteiger partial charge on any atom is -0.316 e. The molecule has 0 amide bonds. The third-order valence-electron chi connectivity index (χ3n) is 3.36. The first-order valence-corrected chi connectivity index (χ1v) is 9.10. The molecule has 0 fully saturated rings. The Hall–Kier alpha value is -0.980. The summed E-state index contributed by atoms with van der Waals surface area (Å²) in [5.74, 6) is -0.133. The van der Waals surface area contributed by atoms with E-state index in [1.165, 1.54) is 27.3 Å². The normalized spacial score (nSPS) is 18.1. The van der Waals surface area contributed by atoms with Crippen molar-refractivity contribution in [2.75, 3.05) is 19.3 Å². The van der Waals surface area contributed by atoms with Crippen molar-refractivity contribution in [2.24, 2.45) is 4.99 Å². The van der Waals surface area contributed by atoms with Crippen LogP contribution in [0.2, 0.25) is 0 Å². The Kier molecular flexibility index (Phi) is 3.05. The molecule has 2 aromatic rings. The van der Waals surface area contributed by atoms with Gasteiger partial charge in [-0.1, -0.05) is 12.1 Å². The number of fused-ring (bicyclic) bond motifs is 2. The molecular weight excluding hydrogens is 311 g/mol. The van der Waals surface area contributed by atoms with Gasteiger partial charge in [-0.3, -0.25) is 4.99 Å². The van der Waals surface area contributed by atoms with E-state index in [4.69, 9.17) is 0 Å². The predicted octanol–water partition coefficient (Wildman–Crippen LogP) is 4.45. The zero-order chi connectivity index (χ0) is 13.7. The number of thiophene rings is 1. The molecule has 1 aromatic heterocycles. The summed E-state index contributed by atoms with van der Waals surface area (Å²) in [5, 5.41) is 2.06. The molecule has 0 N–H and O–H groups in total. The van der Waals surface area contributed by atoms with Crippen molar-refractivity contribution >= 4 is 55.8 Å². The molecule has 0 saturated heterocycles. The van der Waals surface area contributed by atoms with Gasteiger partial charge in [0.25, 0.3) is 0 Å². The van der Waals surface area contributed by atoms with E-state index in [1.807, 2.05) is 6.07 Å². The lowest BCUT2D eigenvalue weighted by molar-refractivity contribution is 0.642. The summed E-state index contributed by atoms with van der Waals surface area (Å²) in [7, 11) is 0. The van der Waals surface area contributed by atoms with Crippen molar-refractivity contribution in [2.45, 2.75) is 0 Å². The maximum Gasteiger partial charge on any atom is 0.169 e. The molecule has 6 heteroatoms. The summed E-state index contributed by atoms with van der Waals surface area (Å²) in [5.41, 5.74) is 1.21. The first-order valence-electron chi connectivity index (χ1n) is 6.24. The van der Waals surface area contributed by atoms with Crippen LogP contribution >= 0.6 is 34.9 Å². The van der Waals surface area contributed by atoms with E-state index < -0.39 is 0 Å². The minimum atomic E-state index is -0.133. The maximum atomic E-state index is 13.9. The van der Waals surface area contributed by atoms with Crippen molar-refractivity contribution < 1.29 is 4.39 Å². The average molecular weight is 322 g/mol. The quantitative estimate of drug-likeness (QED) is 0.812. The van der Waals surface area contributed by atoms with Crippen molar-refractivity contribution in [3.63, 3.8) is 0 Å². The Balaban J connectivity index is 1.89. The summed E-state index contributed by atoms with van der Waals surface area (Å²) in [4.78, 5) is 7.92. The largest absolute Gasteiger partial charge is 0.316 e. The molecule has 0 saturated carbocycles. The Morgan fingerprint density at radius 1 is 1.40 bits per heavy atom. The summed E-state index contributed by atoms with van der Waals surface area (Å²) < 4.78 is 15.9. The molecule has 0 aliphatic carbocycles. The molecule has 20 heavy (non-hydrogen) atoms. The van der Waals surface area contributed by atoms with Gasteiger partial charge < -0.3 is 4.90 Å². The van der Waals surface area contributed by atoms with Crippen LogP contribution in [0.4, 0.5) is 4.39 Å². The standard InChI is InChI=1S/C14H11FN2S3/c1-18-13-11(17-6-5-16-14(17)20-13)10-7-8-3-2-4-9(15)12(8)19-10/h2-4,7H,5-6H2,1H3. The third kappa shape index (κ3) is 1.82. The number of thioether (sulfide) groups is 2. The molecule has 102 valence electrons. The Morgan fingerprint density at radius 3 is 3.10 bits per heavy atom. The highest BCUT2D eigenvalue weighted by Gasteiger charge is 2.33. The summed E-state index contributed by atoms with van der Waals surface area (Å²) >= 11 is 5.00. The molecule has 0 atom stereocenters. The first-order chi connectivity index (χ1) is 9.78. The third-order valence-corrected chi connectivity index (χ3v) is 6.75. The van der Waals surface area contributed by atoms with Crippen molar-refractivity contribution in [3.05, 3.63) is 39.2 Å². The average Bonchev–Trinajstić information content (AvgIpc) is 3.10. The molecular formula is C14H11FN2S3. The van der Waals surface area contributed by atoms with Gasteiger partial charge in [0.2, 0.25) is 0 Å². The second-order valence-electron chi connectivity index (χ2n) is 4.53. The van der Waals surface area contributed by atoms with Gasteiger partial charge in [0.15, 0.2) is 5.17 Å². The van der Waals surface area contributed by atoms with Crippen molar-refractivity contribution in [3.8, 4) is 0 Å².